The third-order valence-corrected chi connectivity index (χ3v) is 8.74. The zero-order valence-corrected chi connectivity index (χ0v) is 23.8. The molecule has 6 rings (SSSR count). The molecule has 11 nitrogen and oxygen atoms in total. The van der Waals surface area contributed by atoms with Crippen LogP contribution in [-0.2, 0) is 0 Å². The summed E-state index contributed by atoms with van der Waals surface area (Å²) >= 11 is 0. The van der Waals surface area contributed by atoms with Crippen LogP contribution in [0.4, 0.5) is 17.3 Å². The van der Waals surface area contributed by atoms with Crippen molar-refractivity contribution in [1.82, 2.24) is 30.0 Å². The second-order valence-corrected chi connectivity index (χ2v) is 11.7. The van der Waals surface area contributed by atoms with Crippen LogP contribution in [0.25, 0.3) is 0 Å². The van der Waals surface area contributed by atoms with Crippen molar-refractivity contribution in [3.05, 3.63) is 59.7 Å². The number of carbonyl (C=O) groups excluding carboxylic acids is 2. The van der Waals surface area contributed by atoms with Crippen LogP contribution >= 0.6 is 0 Å². The van der Waals surface area contributed by atoms with Crippen LogP contribution in [0, 0.1) is 0 Å². The largest absolute Gasteiger partial charge is 0.364 e. The summed E-state index contributed by atoms with van der Waals surface area (Å²) in [4.78, 5) is 38.9. The molecule has 2 aromatic heterocycles. The zero-order valence-electron chi connectivity index (χ0n) is 23.8. The lowest BCUT2D eigenvalue weighted by Crippen LogP contribution is -2.54. The number of nitrogens with zero attached hydrogens (tertiary/aromatic N) is 6. The van der Waals surface area contributed by atoms with Gasteiger partial charge >= 0.3 is 0 Å². The van der Waals surface area contributed by atoms with E-state index in [1.807, 2.05) is 23.0 Å². The van der Waals surface area contributed by atoms with Gasteiger partial charge in [-0.15, -0.1) is 0 Å². The molecule has 0 spiro atoms. The first-order valence-corrected chi connectivity index (χ1v) is 14.7. The molecule has 2 atom stereocenters. The fraction of sp³-hybridized carbons (Fsp3) is 0.500. The van der Waals surface area contributed by atoms with Crippen LogP contribution < -0.4 is 21.3 Å². The molecule has 2 amide bonds. The highest BCUT2D eigenvalue weighted by Gasteiger charge is 2.31. The summed E-state index contributed by atoms with van der Waals surface area (Å²) in [6, 6.07) is 8.26. The molecule has 0 radical (unpaired) electrons. The van der Waals surface area contributed by atoms with Gasteiger partial charge in [0.25, 0.3) is 11.8 Å². The molecule has 0 unspecified atom stereocenters. The number of nitrogens with two attached hydrogens (primary N) is 1. The third-order valence-electron chi connectivity index (χ3n) is 8.74. The molecule has 216 valence electrons. The van der Waals surface area contributed by atoms with Gasteiger partial charge in [0, 0.05) is 30.4 Å². The molecule has 2 aliphatic heterocycles. The van der Waals surface area contributed by atoms with E-state index in [0.29, 0.717) is 29.2 Å². The van der Waals surface area contributed by atoms with E-state index in [1.165, 1.54) is 18.4 Å². The topological polar surface area (TPSA) is 134 Å². The number of hydrogen-bond donors (Lipinski definition) is 3. The van der Waals surface area contributed by atoms with E-state index < -0.39 is 5.91 Å². The summed E-state index contributed by atoms with van der Waals surface area (Å²) in [6.07, 6.45) is 11.6. The Kier molecular flexibility index (Phi) is 7.61. The molecule has 0 bridgehead atoms. The maximum atomic E-state index is 13.1. The number of nitrogens with one attached hydrogen (secondary N) is 2. The molecule has 41 heavy (non-hydrogen) atoms. The number of likely N-dealkylation sites (tertiary alicyclic amines) is 1. The number of carbonyl (C=O) groups is 2. The maximum absolute atomic E-state index is 13.1. The Morgan fingerprint density at radius 2 is 1.76 bits per heavy atom. The highest BCUT2D eigenvalue weighted by Crippen LogP contribution is 2.40. The van der Waals surface area contributed by atoms with Crippen LogP contribution in [0.2, 0.25) is 0 Å². The van der Waals surface area contributed by atoms with Crippen molar-refractivity contribution in [1.29, 1.82) is 0 Å². The molecular weight excluding hydrogens is 518 g/mol. The summed E-state index contributed by atoms with van der Waals surface area (Å²) in [7, 11) is 2.13. The second-order valence-electron chi connectivity index (χ2n) is 11.7. The lowest BCUT2D eigenvalue weighted by molar-refractivity contribution is 0.0923. The van der Waals surface area contributed by atoms with Crippen molar-refractivity contribution in [3.8, 4) is 0 Å². The number of primary amides is 1. The van der Waals surface area contributed by atoms with Crippen LogP contribution in [-0.4, -0.2) is 75.2 Å². The Balaban J connectivity index is 1.16. The first kappa shape index (κ1) is 27.2. The number of amides is 2. The predicted octanol–water partition coefficient (Wildman–Crippen LogP) is 3.45. The van der Waals surface area contributed by atoms with E-state index in [4.69, 9.17) is 10.7 Å². The molecule has 3 aliphatic rings. The highest BCUT2D eigenvalue weighted by molar-refractivity contribution is 5.96. The minimum Gasteiger partial charge on any atom is -0.364 e. The summed E-state index contributed by atoms with van der Waals surface area (Å²) in [5, 5.41) is 11.0. The Morgan fingerprint density at radius 3 is 2.46 bits per heavy atom. The Hall–Kier alpha value is -3.99. The molecular formula is C30H39N9O2. The SMILES string of the molecule is C[C@@H]1[C@H](NC(=O)c2ccc(C3CC3)cc2)CCCN1c1cnc(C(N)=O)c(Nc2cnn(C3CCN(C)CC3)c2)n1. The summed E-state index contributed by atoms with van der Waals surface area (Å²) in [6.45, 7) is 4.92. The molecule has 1 aromatic carbocycles. The van der Waals surface area contributed by atoms with Crippen LogP contribution in [0.15, 0.2) is 42.9 Å². The maximum Gasteiger partial charge on any atom is 0.271 e. The van der Waals surface area contributed by atoms with E-state index >= 15 is 0 Å². The van der Waals surface area contributed by atoms with Gasteiger partial charge in [-0.25, -0.2) is 9.97 Å². The standard InChI is InChI=1S/C30H39N9O2/c1-19-25(35-30(41)22-9-7-21(8-10-22)20-5-6-20)4-3-13-38(19)26-17-32-27(28(31)40)29(36-26)34-23-16-33-39(18-23)24-11-14-37(2)15-12-24/h7-10,16-20,24-25H,3-6,11-15H2,1-2H3,(H2,31,40)(H,34,36)(H,35,41)/t19-,25-/m1/s1. The fourth-order valence-corrected chi connectivity index (χ4v) is 6.02. The average molecular weight is 558 g/mol. The van der Waals surface area contributed by atoms with Crippen molar-refractivity contribution < 1.29 is 9.59 Å². The van der Waals surface area contributed by atoms with Gasteiger partial charge in [-0.3, -0.25) is 14.3 Å². The van der Waals surface area contributed by atoms with Gasteiger partial charge in [0.2, 0.25) is 0 Å². The number of anilines is 3. The number of aromatic nitrogens is 4. The summed E-state index contributed by atoms with van der Waals surface area (Å²) < 4.78 is 1.98. The van der Waals surface area contributed by atoms with E-state index in [0.717, 1.165) is 51.0 Å². The quantitative estimate of drug-likeness (QED) is 0.383. The molecule has 3 fully saturated rings. The molecule has 3 aromatic rings. The molecule has 1 saturated carbocycles. The molecule has 11 heteroatoms. The van der Waals surface area contributed by atoms with Crippen molar-refractivity contribution >= 4 is 29.1 Å². The fourth-order valence-electron chi connectivity index (χ4n) is 6.02. The first-order chi connectivity index (χ1) is 19.9. The van der Waals surface area contributed by atoms with Gasteiger partial charge in [0.1, 0.15) is 5.82 Å². The van der Waals surface area contributed by atoms with E-state index in [-0.39, 0.29) is 23.7 Å². The van der Waals surface area contributed by atoms with Gasteiger partial charge in [0.15, 0.2) is 11.5 Å². The summed E-state index contributed by atoms with van der Waals surface area (Å²) in [5.74, 6) is 0.868. The lowest BCUT2D eigenvalue weighted by Gasteiger charge is -2.40. The lowest BCUT2D eigenvalue weighted by atomic mass is 9.97. The van der Waals surface area contributed by atoms with Crippen molar-refractivity contribution in [2.75, 3.05) is 36.9 Å². The Labute approximate surface area is 240 Å². The molecule has 2 saturated heterocycles. The van der Waals surface area contributed by atoms with Gasteiger partial charge in [-0.1, -0.05) is 12.1 Å². The zero-order chi connectivity index (χ0) is 28.5. The second kappa shape index (κ2) is 11.5. The molecule has 4 N–H and O–H groups in total. The Bertz CT molecular complexity index is 1390. The smallest absolute Gasteiger partial charge is 0.271 e. The van der Waals surface area contributed by atoms with Gasteiger partial charge < -0.3 is 26.2 Å². The monoisotopic (exact) mass is 557 g/mol. The number of benzene rings is 1. The van der Waals surface area contributed by atoms with Crippen LogP contribution in [0.3, 0.4) is 0 Å². The third kappa shape index (κ3) is 6.04. The van der Waals surface area contributed by atoms with Crippen LogP contribution in [0.1, 0.15) is 83.8 Å². The van der Waals surface area contributed by atoms with Crippen molar-refractivity contribution in [3.63, 3.8) is 0 Å². The Morgan fingerprint density at radius 1 is 1.00 bits per heavy atom. The van der Waals surface area contributed by atoms with E-state index in [1.54, 1.807) is 12.4 Å². The number of piperidine rings is 2. The molecule has 4 heterocycles. The van der Waals surface area contributed by atoms with E-state index in [9.17, 15) is 9.59 Å². The minimum absolute atomic E-state index is 0.0211. The average Bonchev–Trinajstić information content (AvgIpc) is 3.73. The van der Waals surface area contributed by atoms with E-state index in [2.05, 4.69) is 56.6 Å². The van der Waals surface area contributed by atoms with Gasteiger partial charge in [-0.2, -0.15) is 5.10 Å². The highest BCUT2D eigenvalue weighted by atomic mass is 16.2. The van der Waals surface area contributed by atoms with Gasteiger partial charge in [0.05, 0.1) is 24.1 Å². The molecule has 1 aliphatic carbocycles. The van der Waals surface area contributed by atoms with Crippen molar-refractivity contribution in [2.24, 2.45) is 5.73 Å². The first-order valence-electron chi connectivity index (χ1n) is 14.7. The van der Waals surface area contributed by atoms with Gasteiger partial charge in [-0.05, 0) is 89.2 Å². The van der Waals surface area contributed by atoms with Crippen LogP contribution in [0.5, 0.6) is 0 Å². The normalized spacial score (nSPS) is 22.0. The summed E-state index contributed by atoms with van der Waals surface area (Å²) in [5.41, 5.74) is 8.44. The predicted molar refractivity (Wildman–Crippen MR) is 158 cm³/mol. The minimum atomic E-state index is -0.654. The number of rotatable bonds is 8. The van der Waals surface area contributed by atoms with Crippen molar-refractivity contribution in [2.45, 2.75) is 69.5 Å². The number of hydrogen-bond acceptors (Lipinski definition) is 8.